The minimum atomic E-state index is -0.240. The largest absolute Gasteiger partial charge is 0.482 e. The van der Waals surface area contributed by atoms with E-state index in [0.717, 1.165) is 0 Å². The lowest BCUT2D eigenvalue weighted by molar-refractivity contribution is -0.131. The fourth-order valence-corrected chi connectivity index (χ4v) is 1.51. The highest BCUT2D eigenvalue weighted by Crippen LogP contribution is 2.25. The molecule has 0 spiro atoms. The molecule has 0 unspecified atom stereocenters. The minimum Gasteiger partial charge on any atom is -0.482 e. The van der Waals surface area contributed by atoms with E-state index in [1.165, 1.54) is 11.0 Å². The number of nitrogens with zero attached hydrogens (tertiary/aromatic N) is 3. The van der Waals surface area contributed by atoms with Gasteiger partial charge in [0.1, 0.15) is 5.75 Å². The predicted octanol–water partition coefficient (Wildman–Crippen LogP) is 1.96. The first-order valence-corrected chi connectivity index (χ1v) is 5.89. The molecule has 0 aromatic heterocycles. The third kappa shape index (κ3) is 4.50. The summed E-state index contributed by atoms with van der Waals surface area (Å²) >= 11 is 5.91. The molecule has 0 aliphatic rings. The predicted molar refractivity (Wildman–Crippen MR) is 69.5 cm³/mol. The molecule has 0 fully saturated rings. The van der Waals surface area contributed by atoms with Crippen LogP contribution in [0.2, 0.25) is 5.02 Å². The Morgan fingerprint density at radius 1 is 1.47 bits per heavy atom. The highest BCUT2D eigenvalue weighted by molar-refractivity contribution is 6.32. The molecule has 19 heavy (non-hydrogen) atoms. The number of hydrogen-bond donors (Lipinski definition) is 0. The first-order valence-electron chi connectivity index (χ1n) is 5.52. The lowest BCUT2D eigenvalue weighted by atomic mass is 10.2. The van der Waals surface area contributed by atoms with E-state index in [1.54, 1.807) is 19.2 Å². The number of amides is 1. The van der Waals surface area contributed by atoms with E-state index < -0.39 is 0 Å². The van der Waals surface area contributed by atoms with Crippen molar-refractivity contribution in [3.8, 4) is 17.9 Å². The Hall–Kier alpha value is -2.24. The van der Waals surface area contributed by atoms with Crippen molar-refractivity contribution in [2.45, 2.75) is 6.42 Å². The van der Waals surface area contributed by atoms with Gasteiger partial charge in [0.2, 0.25) is 0 Å². The first-order chi connectivity index (χ1) is 9.08. The van der Waals surface area contributed by atoms with E-state index >= 15 is 0 Å². The van der Waals surface area contributed by atoms with Gasteiger partial charge in [0, 0.05) is 13.6 Å². The number of benzene rings is 1. The van der Waals surface area contributed by atoms with Crippen molar-refractivity contribution in [2.75, 3.05) is 20.2 Å². The van der Waals surface area contributed by atoms with Gasteiger partial charge in [-0.25, -0.2) is 0 Å². The van der Waals surface area contributed by atoms with Crippen LogP contribution in [0.25, 0.3) is 0 Å². The number of nitriles is 2. The van der Waals surface area contributed by atoms with Crippen molar-refractivity contribution in [3.63, 3.8) is 0 Å². The summed E-state index contributed by atoms with van der Waals surface area (Å²) in [5, 5.41) is 17.4. The molecule has 1 aromatic carbocycles. The maximum absolute atomic E-state index is 11.7. The number of carbonyl (C=O) groups excluding carboxylic acids is 1. The van der Waals surface area contributed by atoms with E-state index in [9.17, 15) is 4.79 Å². The zero-order valence-corrected chi connectivity index (χ0v) is 11.1. The SMILES string of the molecule is CN(CCC#N)C(=O)COc1ccc(C#N)cc1Cl. The molecule has 0 aliphatic carbocycles. The minimum absolute atomic E-state index is 0.159. The Labute approximate surface area is 116 Å². The van der Waals surface area contributed by atoms with Crippen LogP contribution in [0.5, 0.6) is 5.75 Å². The fraction of sp³-hybridized carbons (Fsp3) is 0.308. The fourth-order valence-electron chi connectivity index (χ4n) is 1.28. The Morgan fingerprint density at radius 2 is 2.21 bits per heavy atom. The second-order valence-corrected chi connectivity index (χ2v) is 4.18. The number of rotatable bonds is 5. The lowest BCUT2D eigenvalue weighted by Crippen LogP contribution is -2.32. The molecule has 0 bridgehead atoms. The Bertz CT molecular complexity index is 546. The molecular weight excluding hydrogens is 266 g/mol. The van der Waals surface area contributed by atoms with Gasteiger partial charge in [-0.05, 0) is 18.2 Å². The summed E-state index contributed by atoms with van der Waals surface area (Å²) in [7, 11) is 1.60. The Balaban J connectivity index is 2.56. The van der Waals surface area contributed by atoms with E-state index in [4.69, 9.17) is 26.9 Å². The first kappa shape index (κ1) is 14.8. The van der Waals surface area contributed by atoms with Crippen molar-refractivity contribution in [1.82, 2.24) is 4.90 Å². The van der Waals surface area contributed by atoms with E-state index in [-0.39, 0.29) is 24.0 Å². The number of likely N-dealkylation sites (N-methyl/N-ethyl adjacent to an activating group) is 1. The Kier molecular flexibility index (Phi) is 5.66. The summed E-state index contributed by atoms with van der Waals surface area (Å²) in [6, 6.07) is 8.50. The van der Waals surface area contributed by atoms with Crippen molar-refractivity contribution in [3.05, 3.63) is 28.8 Å². The quantitative estimate of drug-likeness (QED) is 0.824. The van der Waals surface area contributed by atoms with E-state index in [2.05, 4.69) is 0 Å². The Morgan fingerprint density at radius 3 is 2.79 bits per heavy atom. The molecule has 0 saturated carbocycles. The lowest BCUT2D eigenvalue weighted by Gasteiger charge is -2.16. The smallest absolute Gasteiger partial charge is 0.260 e. The van der Waals surface area contributed by atoms with Crippen molar-refractivity contribution in [1.29, 1.82) is 10.5 Å². The van der Waals surface area contributed by atoms with Crippen LogP contribution in [0.4, 0.5) is 0 Å². The molecule has 0 atom stereocenters. The average Bonchev–Trinajstić information content (AvgIpc) is 2.42. The van der Waals surface area contributed by atoms with Gasteiger partial charge >= 0.3 is 0 Å². The van der Waals surface area contributed by atoms with Gasteiger partial charge < -0.3 is 9.64 Å². The monoisotopic (exact) mass is 277 g/mol. The van der Waals surface area contributed by atoms with E-state index in [0.29, 0.717) is 17.9 Å². The van der Waals surface area contributed by atoms with Gasteiger partial charge in [-0.2, -0.15) is 10.5 Å². The van der Waals surface area contributed by atoms with Crippen LogP contribution in [0.3, 0.4) is 0 Å². The van der Waals surface area contributed by atoms with Gasteiger partial charge in [-0.1, -0.05) is 11.6 Å². The van der Waals surface area contributed by atoms with Gasteiger partial charge in [0.25, 0.3) is 5.91 Å². The standard InChI is InChI=1S/C13H12ClN3O2/c1-17(6-2-5-15)13(18)9-19-12-4-3-10(8-16)7-11(12)14/h3-4,7H,2,6,9H2,1H3. The van der Waals surface area contributed by atoms with Crippen molar-refractivity contribution in [2.24, 2.45) is 0 Å². The molecule has 1 rings (SSSR count). The van der Waals surface area contributed by atoms with Gasteiger partial charge in [0.15, 0.2) is 6.61 Å². The second-order valence-electron chi connectivity index (χ2n) is 3.77. The molecule has 1 amide bonds. The molecule has 0 radical (unpaired) electrons. The summed E-state index contributed by atoms with van der Waals surface area (Å²) in [5.74, 6) is 0.110. The van der Waals surface area contributed by atoms with Crippen LogP contribution in [0, 0.1) is 22.7 Å². The van der Waals surface area contributed by atoms with Crippen LogP contribution >= 0.6 is 11.6 Å². The molecule has 1 aromatic rings. The summed E-state index contributed by atoms with van der Waals surface area (Å²) in [4.78, 5) is 13.1. The zero-order chi connectivity index (χ0) is 14.3. The second kappa shape index (κ2) is 7.25. The topological polar surface area (TPSA) is 77.1 Å². The molecule has 0 saturated heterocycles. The van der Waals surface area contributed by atoms with Gasteiger partial charge in [-0.15, -0.1) is 0 Å². The summed E-state index contributed by atoms with van der Waals surface area (Å²) < 4.78 is 5.28. The highest BCUT2D eigenvalue weighted by Gasteiger charge is 2.10. The third-order valence-electron chi connectivity index (χ3n) is 2.40. The van der Waals surface area contributed by atoms with Gasteiger partial charge in [-0.3, -0.25) is 4.79 Å². The normalized spacial score (nSPS) is 9.26. The van der Waals surface area contributed by atoms with Crippen molar-refractivity contribution < 1.29 is 9.53 Å². The number of carbonyl (C=O) groups is 1. The zero-order valence-electron chi connectivity index (χ0n) is 10.4. The average molecular weight is 278 g/mol. The summed E-state index contributed by atoms with van der Waals surface area (Å²) in [6.45, 7) is 0.202. The van der Waals surface area contributed by atoms with E-state index in [1.807, 2.05) is 12.1 Å². The molecule has 98 valence electrons. The molecule has 6 heteroatoms. The summed E-state index contributed by atoms with van der Waals surface area (Å²) in [5.41, 5.74) is 0.426. The number of halogens is 1. The third-order valence-corrected chi connectivity index (χ3v) is 2.69. The van der Waals surface area contributed by atoms with Crippen LogP contribution in [0.15, 0.2) is 18.2 Å². The molecular formula is C13H12ClN3O2. The highest BCUT2D eigenvalue weighted by atomic mass is 35.5. The molecule has 5 nitrogen and oxygen atoms in total. The van der Waals surface area contributed by atoms with Gasteiger partial charge in [0.05, 0.1) is 29.1 Å². The number of ether oxygens (including phenoxy) is 1. The van der Waals surface area contributed by atoms with Crippen LogP contribution in [-0.4, -0.2) is 31.0 Å². The molecule has 0 aliphatic heterocycles. The maximum Gasteiger partial charge on any atom is 0.260 e. The molecule has 0 N–H and O–H groups in total. The van der Waals surface area contributed by atoms with Crippen LogP contribution in [-0.2, 0) is 4.79 Å². The maximum atomic E-state index is 11.7. The van der Waals surface area contributed by atoms with Crippen LogP contribution in [0.1, 0.15) is 12.0 Å². The molecule has 0 heterocycles. The van der Waals surface area contributed by atoms with Crippen molar-refractivity contribution >= 4 is 17.5 Å². The summed E-state index contributed by atoms with van der Waals surface area (Å²) in [6.07, 6.45) is 0.278. The number of hydrogen-bond acceptors (Lipinski definition) is 4. The van der Waals surface area contributed by atoms with Crippen LogP contribution < -0.4 is 4.74 Å².